The van der Waals surface area contributed by atoms with Gasteiger partial charge in [0.25, 0.3) is 0 Å². The van der Waals surface area contributed by atoms with Crippen LogP contribution >= 0.6 is 0 Å². The molecule has 0 unspecified atom stereocenters. The van der Waals surface area contributed by atoms with E-state index in [0.29, 0.717) is 25.7 Å². The number of benzene rings is 1. The van der Waals surface area contributed by atoms with E-state index in [-0.39, 0.29) is 0 Å². The Kier molecular flexibility index (Phi) is 7.72. The highest BCUT2D eigenvalue weighted by atomic mass is 16.5. The van der Waals surface area contributed by atoms with Crippen LogP contribution in [0.4, 0.5) is 0 Å². The highest BCUT2D eigenvalue weighted by molar-refractivity contribution is 5.38. The van der Waals surface area contributed by atoms with E-state index in [0.717, 1.165) is 24.3 Å². The van der Waals surface area contributed by atoms with Crippen molar-refractivity contribution < 1.29 is 9.47 Å². The van der Waals surface area contributed by atoms with Gasteiger partial charge in [-0.25, -0.2) is 0 Å². The second kappa shape index (κ2) is 9.43. The van der Waals surface area contributed by atoms with E-state index >= 15 is 0 Å². The van der Waals surface area contributed by atoms with Gasteiger partial charge in [-0.3, -0.25) is 0 Å². The molecule has 0 radical (unpaired) electrons. The van der Waals surface area contributed by atoms with Gasteiger partial charge in [0, 0.05) is 12.2 Å². The highest BCUT2D eigenvalue weighted by Crippen LogP contribution is 2.11. The molecule has 3 heteroatoms. The third-order valence-electron chi connectivity index (χ3n) is 2.53. The molecule has 0 aliphatic rings. The summed E-state index contributed by atoms with van der Waals surface area (Å²) in [5.41, 5.74) is 6.27. The Hall–Kier alpha value is -1.50. The maximum atomic E-state index is 5.57. The third-order valence-corrected chi connectivity index (χ3v) is 2.53. The van der Waals surface area contributed by atoms with Crippen molar-refractivity contribution in [1.29, 1.82) is 0 Å². The normalized spacial score (nSPS) is 10.1. The van der Waals surface area contributed by atoms with Crippen LogP contribution in [0.2, 0.25) is 0 Å². The van der Waals surface area contributed by atoms with Crippen molar-refractivity contribution in [3.63, 3.8) is 0 Å². The molecule has 0 aliphatic carbocycles. The molecular formula is C16H23NO2. The number of hydrogen-bond donors (Lipinski definition) is 1. The standard InChI is InChI=1S/C16H23NO2/c1-14(2)9-11-18-12-13-19-16-7-5-15(6-8-16)4-3-10-17/h5-8,14H,9-13,17H2,1-2H3. The molecule has 0 amide bonds. The molecule has 0 saturated carbocycles. The predicted octanol–water partition coefficient (Wildman–Crippen LogP) is 2.44. The van der Waals surface area contributed by atoms with E-state index in [2.05, 4.69) is 25.7 Å². The first-order chi connectivity index (χ1) is 9.22. The zero-order valence-electron chi connectivity index (χ0n) is 11.8. The summed E-state index contributed by atoms with van der Waals surface area (Å²) in [4.78, 5) is 0. The van der Waals surface area contributed by atoms with Gasteiger partial charge in [-0.2, -0.15) is 0 Å². The second-order valence-corrected chi connectivity index (χ2v) is 4.67. The Labute approximate surface area is 116 Å². The predicted molar refractivity (Wildman–Crippen MR) is 78.1 cm³/mol. The lowest BCUT2D eigenvalue weighted by Gasteiger charge is -2.08. The maximum absolute atomic E-state index is 5.57. The first-order valence-electron chi connectivity index (χ1n) is 6.72. The number of nitrogens with two attached hydrogens (primary N) is 1. The van der Waals surface area contributed by atoms with Crippen LogP contribution < -0.4 is 10.5 Å². The maximum Gasteiger partial charge on any atom is 0.119 e. The molecular weight excluding hydrogens is 238 g/mol. The molecule has 1 rings (SSSR count). The summed E-state index contributed by atoms with van der Waals surface area (Å²) in [7, 11) is 0. The molecule has 0 saturated heterocycles. The number of hydrogen-bond acceptors (Lipinski definition) is 3. The topological polar surface area (TPSA) is 44.5 Å². The average Bonchev–Trinajstić information content (AvgIpc) is 2.41. The quantitative estimate of drug-likeness (QED) is 0.605. The lowest BCUT2D eigenvalue weighted by atomic mass is 10.1. The van der Waals surface area contributed by atoms with E-state index in [1.165, 1.54) is 0 Å². The van der Waals surface area contributed by atoms with Crippen molar-refractivity contribution in [2.24, 2.45) is 11.7 Å². The summed E-state index contributed by atoms with van der Waals surface area (Å²) < 4.78 is 11.1. The van der Waals surface area contributed by atoms with Crippen LogP contribution in [-0.2, 0) is 4.74 Å². The minimum atomic E-state index is 0.381. The molecule has 1 aromatic rings. The van der Waals surface area contributed by atoms with Gasteiger partial charge in [0.15, 0.2) is 0 Å². The number of ether oxygens (including phenoxy) is 2. The fourth-order valence-electron chi connectivity index (χ4n) is 1.43. The van der Waals surface area contributed by atoms with Gasteiger partial charge in [0.2, 0.25) is 0 Å². The first-order valence-corrected chi connectivity index (χ1v) is 6.72. The van der Waals surface area contributed by atoms with Gasteiger partial charge >= 0.3 is 0 Å². The zero-order valence-corrected chi connectivity index (χ0v) is 11.8. The largest absolute Gasteiger partial charge is 0.491 e. The average molecular weight is 261 g/mol. The first kappa shape index (κ1) is 15.6. The molecule has 104 valence electrons. The minimum absolute atomic E-state index is 0.381. The van der Waals surface area contributed by atoms with Crippen LogP contribution in [0.15, 0.2) is 24.3 Å². The molecule has 3 nitrogen and oxygen atoms in total. The van der Waals surface area contributed by atoms with E-state index in [1.54, 1.807) is 0 Å². The molecule has 0 atom stereocenters. The Morgan fingerprint density at radius 1 is 1.11 bits per heavy atom. The van der Waals surface area contributed by atoms with Crippen molar-refractivity contribution in [3.05, 3.63) is 29.8 Å². The summed E-state index contributed by atoms with van der Waals surface area (Å²) in [6.07, 6.45) is 1.09. The molecule has 2 N–H and O–H groups in total. The van der Waals surface area contributed by atoms with Gasteiger partial charge in [-0.1, -0.05) is 25.7 Å². The van der Waals surface area contributed by atoms with Gasteiger partial charge in [0.1, 0.15) is 12.4 Å². The molecule has 19 heavy (non-hydrogen) atoms. The van der Waals surface area contributed by atoms with Gasteiger partial charge in [0.05, 0.1) is 13.2 Å². The Morgan fingerprint density at radius 3 is 2.47 bits per heavy atom. The van der Waals surface area contributed by atoms with Gasteiger partial charge in [-0.15, -0.1) is 0 Å². The number of rotatable bonds is 7. The third kappa shape index (κ3) is 7.50. The summed E-state index contributed by atoms with van der Waals surface area (Å²) in [6.45, 7) is 6.76. The smallest absolute Gasteiger partial charge is 0.119 e. The Bertz CT molecular complexity index is 401. The van der Waals surface area contributed by atoms with Gasteiger partial charge < -0.3 is 15.2 Å². The van der Waals surface area contributed by atoms with Gasteiger partial charge in [-0.05, 0) is 36.6 Å². The van der Waals surface area contributed by atoms with E-state index in [4.69, 9.17) is 15.2 Å². The summed E-state index contributed by atoms with van der Waals surface area (Å²) >= 11 is 0. The molecule has 0 aliphatic heterocycles. The SMILES string of the molecule is CC(C)CCOCCOc1ccc(C#CCN)cc1. The van der Waals surface area contributed by atoms with Crippen molar-refractivity contribution in [2.45, 2.75) is 20.3 Å². The summed E-state index contributed by atoms with van der Waals surface area (Å²) in [5, 5.41) is 0. The van der Waals surface area contributed by atoms with Crippen molar-refractivity contribution >= 4 is 0 Å². The zero-order chi connectivity index (χ0) is 13.9. The second-order valence-electron chi connectivity index (χ2n) is 4.67. The fraction of sp³-hybridized carbons (Fsp3) is 0.500. The molecule has 1 aromatic carbocycles. The van der Waals surface area contributed by atoms with Crippen LogP contribution in [0.1, 0.15) is 25.8 Å². The lowest BCUT2D eigenvalue weighted by molar-refractivity contribution is 0.0926. The van der Waals surface area contributed by atoms with E-state index in [1.807, 2.05) is 24.3 Å². The Balaban J connectivity index is 2.19. The fourth-order valence-corrected chi connectivity index (χ4v) is 1.43. The highest BCUT2D eigenvalue weighted by Gasteiger charge is 1.96. The lowest BCUT2D eigenvalue weighted by Crippen LogP contribution is -2.08. The molecule has 0 aromatic heterocycles. The van der Waals surface area contributed by atoms with Crippen LogP contribution in [0.3, 0.4) is 0 Å². The van der Waals surface area contributed by atoms with E-state index in [9.17, 15) is 0 Å². The molecule has 0 fully saturated rings. The van der Waals surface area contributed by atoms with Crippen LogP contribution in [0.25, 0.3) is 0 Å². The molecule has 0 spiro atoms. The monoisotopic (exact) mass is 261 g/mol. The van der Waals surface area contributed by atoms with Crippen LogP contribution in [0.5, 0.6) is 5.75 Å². The Morgan fingerprint density at radius 2 is 1.84 bits per heavy atom. The van der Waals surface area contributed by atoms with Crippen molar-refractivity contribution in [3.8, 4) is 17.6 Å². The summed E-state index contributed by atoms with van der Waals surface area (Å²) in [6, 6.07) is 7.68. The molecule has 0 heterocycles. The van der Waals surface area contributed by atoms with Crippen molar-refractivity contribution in [1.82, 2.24) is 0 Å². The summed E-state index contributed by atoms with van der Waals surface area (Å²) in [5.74, 6) is 7.31. The van der Waals surface area contributed by atoms with Crippen LogP contribution in [-0.4, -0.2) is 26.4 Å². The molecule has 0 bridgehead atoms. The van der Waals surface area contributed by atoms with E-state index < -0.39 is 0 Å². The van der Waals surface area contributed by atoms with Crippen molar-refractivity contribution in [2.75, 3.05) is 26.4 Å². The van der Waals surface area contributed by atoms with Crippen LogP contribution in [0, 0.1) is 17.8 Å². The minimum Gasteiger partial charge on any atom is -0.491 e.